The Morgan fingerprint density at radius 1 is 1.36 bits per heavy atom. The summed E-state index contributed by atoms with van der Waals surface area (Å²) in [4.78, 5) is 14.1. The standard InChI is InChI=1S/C11H11NO2/c1-6-4-3-5-8-9(11(13)14)7(2)12-10(6)8/h3-5,12H,1-2H3,(H,13,14). The van der Waals surface area contributed by atoms with E-state index < -0.39 is 5.97 Å². The predicted molar refractivity (Wildman–Crippen MR) is 54.7 cm³/mol. The third-order valence-electron chi connectivity index (χ3n) is 2.44. The fraction of sp³-hybridized carbons (Fsp3) is 0.182. The van der Waals surface area contributed by atoms with Gasteiger partial charge in [0.25, 0.3) is 0 Å². The molecule has 2 N–H and O–H groups in total. The molecule has 0 amide bonds. The molecule has 14 heavy (non-hydrogen) atoms. The molecule has 1 aromatic carbocycles. The number of para-hydroxylation sites is 1. The van der Waals surface area contributed by atoms with Crippen molar-refractivity contribution in [1.29, 1.82) is 0 Å². The van der Waals surface area contributed by atoms with E-state index in [4.69, 9.17) is 5.11 Å². The summed E-state index contributed by atoms with van der Waals surface area (Å²) in [6.07, 6.45) is 0. The van der Waals surface area contributed by atoms with Gasteiger partial charge in [0.1, 0.15) is 0 Å². The SMILES string of the molecule is Cc1[nH]c2c(C)cccc2c1C(=O)O. The molecule has 2 rings (SSSR count). The van der Waals surface area contributed by atoms with Gasteiger partial charge in [0, 0.05) is 16.6 Å². The van der Waals surface area contributed by atoms with Gasteiger partial charge in [0.05, 0.1) is 5.56 Å². The number of rotatable bonds is 1. The number of hydrogen-bond acceptors (Lipinski definition) is 1. The van der Waals surface area contributed by atoms with Gasteiger partial charge in [-0.3, -0.25) is 0 Å². The van der Waals surface area contributed by atoms with Crippen molar-refractivity contribution in [2.75, 3.05) is 0 Å². The molecule has 0 aliphatic heterocycles. The molecule has 0 atom stereocenters. The van der Waals surface area contributed by atoms with Crippen LogP contribution in [0.5, 0.6) is 0 Å². The summed E-state index contributed by atoms with van der Waals surface area (Å²) < 4.78 is 0. The number of carboxylic acids is 1. The molecular weight excluding hydrogens is 178 g/mol. The Balaban J connectivity index is 2.90. The van der Waals surface area contributed by atoms with Gasteiger partial charge in [-0.25, -0.2) is 4.79 Å². The molecule has 0 fully saturated rings. The molecule has 3 heteroatoms. The molecule has 0 unspecified atom stereocenters. The predicted octanol–water partition coefficient (Wildman–Crippen LogP) is 2.48. The van der Waals surface area contributed by atoms with E-state index in [9.17, 15) is 4.79 Å². The zero-order valence-electron chi connectivity index (χ0n) is 8.09. The molecule has 0 bridgehead atoms. The van der Waals surface area contributed by atoms with E-state index in [1.54, 1.807) is 6.92 Å². The van der Waals surface area contributed by atoms with Gasteiger partial charge in [-0.2, -0.15) is 0 Å². The fourth-order valence-corrected chi connectivity index (χ4v) is 1.77. The number of aromatic amines is 1. The Labute approximate surface area is 81.4 Å². The largest absolute Gasteiger partial charge is 0.478 e. The number of carboxylic acid groups (broad SMARTS) is 1. The second-order valence-corrected chi connectivity index (χ2v) is 3.43. The Kier molecular flexibility index (Phi) is 1.81. The topological polar surface area (TPSA) is 53.1 Å². The van der Waals surface area contributed by atoms with Gasteiger partial charge < -0.3 is 10.1 Å². The van der Waals surface area contributed by atoms with Crippen LogP contribution in [0.15, 0.2) is 18.2 Å². The van der Waals surface area contributed by atoms with Crippen LogP contribution in [0.4, 0.5) is 0 Å². The lowest BCUT2D eigenvalue weighted by molar-refractivity contribution is 0.0698. The van der Waals surface area contributed by atoms with Crippen molar-refractivity contribution in [3.8, 4) is 0 Å². The highest BCUT2D eigenvalue weighted by atomic mass is 16.4. The van der Waals surface area contributed by atoms with E-state index in [-0.39, 0.29) is 0 Å². The van der Waals surface area contributed by atoms with Crippen molar-refractivity contribution < 1.29 is 9.90 Å². The summed E-state index contributed by atoms with van der Waals surface area (Å²) in [5, 5.41) is 9.81. The number of benzene rings is 1. The Morgan fingerprint density at radius 3 is 2.71 bits per heavy atom. The zero-order chi connectivity index (χ0) is 10.3. The van der Waals surface area contributed by atoms with Crippen LogP contribution >= 0.6 is 0 Å². The summed E-state index contributed by atoms with van der Waals surface area (Å²) in [6.45, 7) is 3.74. The summed E-state index contributed by atoms with van der Waals surface area (Å²) >= 11 is 0. The van der Waals surface area contributed by atoms with Gasteiger partial charge in [-0.1, -0.05) is 18.2 Å². The monoisotopic (exact) mass is 189 g/mol. The van der Waals surface area contributed by atoms with Crippen LogP contribution in [-0.2, 0) is 0 Å². The quantitative estimate of drug-likeness (QED) is 0.724. The highest BCUT2D eigenvalue weighted by Crippen LogP contribution is 2.24. The molecule has 2 aromatic rings. The minimum atomic E-state index is -0.876. The van der Waals surface area contributed by atoms with Crippen LogP contribution in [-0.4, -0.2) is 16.1 Å². The van der Waals surface area contributed by atoms with E-state index in [1.165, 1.54) is 0 Å². The number of hydrogen-bond donors (Lipinski definition) is 2. The number of H-pyrrole nitrogens is 1. The van der Waals surface area contributed by atoms with Crippen molar-refractivity contribution in [2.24, 2.45) is 0 Å². The minimum Gasteiger partial charge on any atom is -0.478 e. The van der Waals surface area contributed by atoms with Crippen molar-refractivity contribution in [3.05, 3.63) is 35.0 Å². The molecule has 0 aliphatic rings. The van der Waals surface area contributed by atoms with Gasteiger partial charge in [0.15, 0.2) is 0 Å². The molecule has 3 nitrogen and oxygen atoms in total. The second kappa shape index (κ2) is 2.87. The van der Waals surface area contributed by atoms with Crippen LogP contribution in [0.2, 0.25) is 0 Å². The van der Waals surface area contributed by atoms with Crippen molar-refractivity contribution in [1.82, 2.24) is 4.98 Å². The fourth-order valence-electron chi connectivity index (χ4n) is 1.77. The number of nitrogens with one attached hydrogen (secondary N) is 1. The highest BCUT2D eigenvalue weighted by molar-refractivity contribution is 6.05. The average Bonchev–Trinajstić information content (AvgIpc) is 2.42. The first-order valence-corrected chi connectivity index (χ1v) is 4.42. The van der Waals surface area contributed by atoms with Crippen LogP contribution in [0.25, 0.3) is 10.9 Å². The van der Waals surface area contributed by atoms with Crippen molar-refractivity contribution in [2.45, 2.75) is 13.8 Å². The van der Waals surface area contributed by atoms with E-state index in [0.29, 0.717) is 11.3 Å². The molecule has 0 saturated carbocycles. The Bertz CT molecular complexity index is 511. The molecule has 1 aromatic heterocycles. The molecular formula is C11H11NO2. The lowest BCUT2D eigenvalue weighted by atomic mass is 10.1. The molecule has 0 saturated heterocycles. The van der Waals surface area contributed by atoms with Crippen molar-refractivity contribution in [3.63, 3.8) is 0 Å². The smallest absolute Gasteiger partial charge is 0.338 e. The molecule has 0 radical (unpaired) electrons. The number of aromatic carboxylic acids is 1. The zero-order valence-corrected chi connectivity index (χ0v) is 8.09. The first-order chi connectivity index (χ1) is 6.61. The van der Waals surface area contributed by atoms with Crippen LogP contribution in [0, 0.1) is 13.8 Å². The Morgan fingerprint density at radius 2 is 2.07 bits per heavy atom. The number of fused-ring (bicyclic) bond motifs is 1. The van der Waals surface area contributed by atoms with Crippen LogP contribution in [0.3, 0.4) is 0 Å². The van der Waals surface area contributed by atoms with Gasteiger partial charge in [-0.15, -0.1) is 0 Å². The van der Waals surface area contributed by atoms with Crippen molar-refractivity contribution >= 4 is 16.9 Å². The molecule has 0 aliphatic carbocycles. The second-order valence-electron chi connectivity index (χ2n) is 3.43. The minimum absolute atomic E-state index is 0.378. The Hall–Kier alpha value is -1.77. The molecule has 1 heterocycles. The number of aromatic nitrogens is 1. The van der Waals surface area contributed by atoms with E-state index >= 15 is 0 Å². The maximum absolute atomic E-state index is 11.0. The van der Waals surface area contributed by atoms with Crippen LogP contribution in [0.1, 0.15) is 21.6 Å². The lowest BCUT2D eigenvalue weighted by Crippen LogP contribution is -1.96. The summed E-state index contributed by atoms with van der Waals surface area (Å²) in [5.74, 6) is -0.876. The van der Waals surface area contributed by atoms with Crippen LogP contribution < -0.4 is 0 Å². The third kappa shape index (κ3) is 1.09. The number of carbonyl (C=O) groups is 1. The van der Waals surface area contributed by atoms with Gasteiger partial charge >= 0.3 is 5.97 Å². The molecule has 72 valence electrons. The maximum atomic E-state index is 11.0. The van der Waals surface area contributed by atoms with E-state index in [0.717, 1.165) is 16.5 Å². The van der Waals surface area contributed by atoms with E-state index in [1.807, 2.05) is 25.1 Å². The highest BCUT2D eigenvalue weighted by Gasteiger charge is 2.14. The number of aryl methyl sites for hydroxylation is 2. The summed E-state index contributed by atoms with van der Waals surface area (Å²) in [7, 11) is 0. The van der Waals surface area contributed by atoms with Gasteiger partial charge in [-0.05, 0) is 19.4 Å². The third-order valence-corrected chi connectivity index (χ3v) is 2.44. The summed E-state index contributed by atoms with van der Waals surface area (Å²) in [6, 6.07) is 5.66. The molecule has 0 spiro atoms. The lowest BCUT2D eigenvalue weighted by Gasteiger charge is -1.95. The first-order valence-electron chi connectivity index (χ1n) is 4.42. The average molecular weight is 189 g/mol. The maximum Gasteiger partial charge on any atom is 0.338 e. The van der Waals surface area contributed by atoms with E-state index in [2.05, 4.69) is 4.98 Å². The summed E-state index contributed by atoms with van der Waals surface area (Å²) in [5.41, 5.74) is 3.08. The van der Waals surface area contributed by atoms with Gasteiger partial charge in [0.2, 0.25) is 0 Å². The first kappa shape index (κ1) is 8.81. The normalized spacial score (nSPS) is 10.7.